The summed E-state index contributed by atoms with van der Waals surface area (Å²) in [5, 5.41) is 0. The smallest absolute Gasteiger partial charge is 0.338 e. The van der Waals surface area contributed by atoms with Crippen LogP contribution < -0.4 is 4.74 Å². The molecule has 0 amide bonds. The van der Waals surface area contributed by atoms with Gasteiger partial charge in [0, 0.05) is 22.5 Å². The number of rotatable bonds is 5. The first kappa shape index (κ1) is 25.6. The van der Waals surface area contributed by atoms with E-state index in [0.29, 0.717) is 12.0 Å². The van der Waals surface area contributed by atoms with Crippen LogP contribution in [0.25, 0.3) is 0 Å². The number of esters is 3. The van der Waals surface area contributed by atoms with E-state index < -0.39 is 58.0 Å². The Kier molecular flexibility index (Phi) is 6.84. The van der Waals surface area contributed by atoms with Crippen LogP contribution in [0.1, 0.15) is 16.8 Å². The fraction of sp³-hybridized carbons (Fsp3) is 0.318. The Morgan fingerprint density at radius 1 is 1.03 bits per heavy atom. The van der Waals surface area contributed by atoms with Gasteiger partial charge in [0.15, 0.2) is 0 Å². The van der Waals surface area contributed by atoms with E-state index in [4.69, 9.17) is 18.8 Å². The van der Waals surface area contributed by atoms with Gasteiger partial charge in [0.25, 0.3) is 10.1 Å². The lowest BCUT2D eigenvalue weighted by molar-refractivity contribution is -0.149. The molecule has 0 spiro atoms. The van der Waals surface area contributed by atoms with Gasteiger partial charge < -0.3 is 14.2 Å². The highest BCUT2D eigenvalue weighted by Gasteiger charge is 2.70. The van der Waals surface area contributed by atoms with E-state index >= 15 is 0 Å². The molecule has 184 valence electrons. The number of carbonyl (C=O) groups is 3. The van der Waals surface area contributed by atoms with Crippen LogP contribution in [0.4, 0.5) is 0 Å². The topological polar surface area (TPSA) is 133 Å². The predicted molar refractivity (Wildman–Crippen MR) is 144 cm³/mol. The van der Waals surface area contributed by atoms with Crippen LogP contribution in [-0.4, -0.2) is 43.1 Å². The third kappa shape index (κ3) is 4.59. The summed E-state index contributed by atoms with van der Waals surface area (Å²) < 4.78 is 51.1. The quantitative estimate of drug-likeness (QED) is 0.158. The molecule has 3 aliphatic rings. The Hall–Kier alpha value is -1.05. The maximum absolute atomic E-state index is 13.1. The van der Waals surface area contributed by atoms with Crippen LogP contribution in [0.3, 0.4) is 0 Å². The molecule has 2 aliphatic carbocycles. The lowest BCUT2D eigenvalue weighted by Gasteiger charge is -2.30. The number of carbonyl (C=O) groups excluding carboxylic acids is 3. The van der Waals surface area contributed by atoms with Crippen molar-refractivity contribution in [3.05, 3.63) is 52.7 Å². The summed E-state index contributed by atoms with van der Waals surface area (Å²) in [6.45, 7) is 0. The van der Waals surface area contributed by atoms with Gasteiger partial charge >= 0.3 is 17.9 Å². The molecule has 1 aliphatic heterocycles. The molecule has 6 unspecified atom stereocenters. The molecular formula is C22H15I3O9S. The second-order valence-electron chi connectivity index (χ2n) is 8.51. The monoisotopic (exact) mass is 836 g/mol. The van der Waals surface area contributed by atoms with E-state index in [1.165, 1.54) is 12.1 Å². The molecule has 0 radical (unpaired) electrons. The van der Waals surface area contributed by atoms with Crippen molar-refractivity contribution < 1.29 is 41.6 Å². The van der Waals surface area contributed by atoms with Crippen molar-refractivity contribution in [1.82, 2.24) is 0 Å². The molecule has 2 aromatic carbocycles. The van der Waals surface area contributed by atoms with Crippen molar-refractivity contribution in [3.8, 4) is 5.75 Å². The zero-order valence-corrected chi connectivity index (χ0v) is 24.7. The minimum absolute atomic E-state index is 0.0599. The van der Waals surface area contributed by atoms with Gasteiger partial charge in [-0.2, -0.15) is 8.42 Å². The van der Waals surface area contributed by atoms with Gasteiger partial charge in [-0.25, -0.2) is 4.79 Å². The van der Waals surface area contributed by atoms with E-state index in [2.05, 4.69) is 67.8 Å². The van der Waals surface area contributed by atoms with Gasteiger partial charge in [-0.05, 0) is 111 Å². The van der Waals surface area contributed by atoms with Gasteiger partial charge in [0.2, 0.25) is 0 Å². The van der Waals surface area contributed by atoms with Crippen LogP contribution in [0, 0.1) is 34.4 Å². The second kappa shape index (κ2) is 9.36. The molecule has 3 fully saturated rings. The zero-order valence-electron chi connectivity index (χ0n) is 17.4. The highest BCUT2D eigenvalue weighted by molar-refractivity contribution is 14.1. The van der Waals surface area contributed by atoms with Crippen LogP contribution in [0.2, 0.25) is 0 Å². The van der Waals surface area contributed by atoms with E-state index in [1.54, 1.807) is 12.1 Å². The fourth-order valence-corrected chi connectivity index (χ4v) is 7.76. The molecular weight excluding hydrogens is 821 g/mol. The molecule has 6 atom stereocenters. The maximum Gasteiger partial charge on any atom is 0.338 e. The first-order valence-corrected chi connectivity index (χ1v) is 15.0. The lowest BCUT2D eigenvalue weighted by Crippen LogP contribution is -2.44. The highest BCUT2D eigenvalue weighted by atomic mass is 127. The summed E-state index contributed by atoms with van der Waals surface area (Å²) in [4.78, 5) is 38.3. The van der Waals surface area contributed by atoms with Crippen molar-refractivity contribution in [1.29, 1.82) is 0 Å². The number of hydrogen-bond donors (Lipinski definition) is 1. The van der Waals surface area contributed by atoms with E-state index in [1.807, 2.05) is 0 Å². The summed E-state index contributed by atoms with van der Waals surface area (Å²) in [6, 6.07) is 8.14. The molecule has 9 nitrogen and oxygen atoms in total. The number of fused-ring (bicyclic) bond motifs is 1. The van der Waals surface area contributed by atoms with Crippen LogP contribution in [0.15, 0.2) is 41.3 Å². The summed E-state index contributed by atoms with van der Waals surface area (Å²) in [7, 11) is -4.39. The minimum Gasteiger partial charge on any atom is -0.458 e. The first-order valence-electron chi connectivity index (χ1n) is 10.3. The number of hydrogen-bond acceptors (Lipinski definition) is 8. The minimum atomic E-state index is -4.39. The van der Waals surface area contributed by atoms with Crippen LogP contribution in [0.5, 0.6) is 5.75 Å². The third-order valence-electron chi connectivity index (χ3n) is 6.62. The Labute approximate surface area is 240 Å². The molecule has 13 heteroatoms. The molecule has 2 saturated carbocycles. The first-order chi connectivity index (χ1) is 16.5. The Bertz CT molecular complexity index is 1340. The largest absolute Gasteiger partial charge is 0.458 e. The summed E-state index contributed by atoms with van der Waals surface area (Å²) in [6.07, 6.45) is -0.881. The molecule has 35 heavy (non-hydrogen) atoms. The molecule has 1 heterocycles. The summed E-state index contributed by atoms with van der Waals surface area (Å²) in [5.74, 6) is -3.92. The highest BCUT2D eigenvalue weighted by Crippen LogP contribution is 2.59. The SMILES string of the molecule is O=C(OC1C2CC3C1OC(=O)C3C2C(=O)Oc1ccc(S(=O)(=O)O)cc1)c1cc(I)c(I)c(I)c1. The average molecular weight is 836 g/mol. The summed E-state index contributed by atoms with van der Waals surface area (Å²) >= 11 is 6.48. The standard InChI is InChI=1S/C22H15I3O9S/c23-13-5-8(6-14(24)17(13)25)20(26)33-18-11-7-12-16(22(28)34-19(12)18)15(11)21(27)32-9-1-3-10(4-2-9)35(29,30)31/h1-6,11-12,15-16,18-19H,7H2,(H,29,30,31). The van der Waals surface area contributed by atoms with Crippen molar-refractivity contribution in [2.45, 2.75) is 23.5 Å². The molecule has 0 aromatic heterocycles. The molecule has 1 saturated heterocycles. The van der Waals surface area contributed by atoms with Gasteiger partial charge in [0.1, 0.15) is 18.0 Å². The van der Waals surface area contributed by atoms with Crippen molar-refractivity contribution in [2.24, 2.45) is 23.7 Å². The molecule has 2 bridgehead atoms. The Balaban J connectivity index is 1.36. The van der Waals surface area contributed by atoms with Gasteiger partial charge in [-0.15, -0.1) is 0 Å². The molecule has 2 aromatic rings. The normalized spacial score (nSPS) is 28.6. The van der Waals surface area contributed by atoms with E-state index in [9.17, 15) is 22.8 Å². The number of ether oxygens (including phenoxy) is 3. The average Bonchev–Trinajstić information content (AvgIpc) is 3.40. The van der Waals surface area contributed by atoms with Crippen molar-refractivity contribution >= 4 is 95.8 Å². The Morgan fingerprint density at radius 3 is 2.26 bits per heavy atom. The van der Waals surface area contributed by atoms with E-state index in [-0.39, 0.29) is 16.6 Å². The third-order valence-corrected chi connectivity index (χ3v) is 12.4. The predicted octanol–water partition coefficient (Wildman–Crippen LogP) is 3.69. The van der Waals surface area contributed by atoms with Crippen LogP contribution >= 0.6 is 67.8 Å². The van der Waals surface area contributed by atoms with E-state index in [0.717, 1.165) is 22.8 Å². The lowest BCUT2D eigenvalue weighted by atomic mass is 9.78. The zero-order chi connectivity index (χ0) is 25.2. The van der Waals surface area contributed by atoms with Crippen molar-refractivity contribution in [2.75, 3.05) is 0 Å². The van der Waals surface area contributed by atoms with Gasteiger partial charge in [0.05, 0.1) is 22.3 Å². The Morgan fingerprint density at radius 2 is 1.66 bits per heavy atom. The van der Waals surface area contributed by atoms with Crippen molar-refractivity contribution in [3.63, 3.8) is 0 Å². The number of halogens is 3. The molecule has 5 rings (SSSR count). The van der Waals surface area contributed by atoms with Gasteiger partial charge in [-0.1, -0.05) is 0 Å². The fourth-order valence-electron chi connectivity index (χ4n) is 5.20. The van der Waals surface area contributed by atoms with Crippen LogP contribution in [-0.2, 0) is 29.2 Å². The second-order valence-corrected chi connectivity index (χ2v) is 13.3. The summed E-state index contributed by atoms with van der Waals surface area (Å²) in [5.41, 5.74) is 0.376. The molecule has 1 N–H and O–H groups in total. The number of benzene rings is 2. The maximum atomic E-state index is 13.1. The van der Waals surface area contributed by atoms with Gasteiger partial charge in [-0.3, -0.25) is 14.1 Å².